The quantitative estimate of drug-likeness (QED) is 0.747. The molecule has 1 N–H and O–H groups in total. The maximum Gasteiger partial charge on any atom is 0.135 e. The van der Waals surface area contributed by atoms with Crippen molar-refractivity contribution >= 4 is 11.0 Å². The van der Waals surface area contributed by atoms with Crippen LogP contribution in [0, 0.1) is 13.8 Å². The molecule has 2 aromatic carbocycles. The van der Waals surface area contributed by atoms with Crippen molar-refractivity contribution in [1.82, 2.24) is 0 Å². The van der Waals surface area contributed by atoms with Crippen molar-refractivity contribution in [3.05, 3.63) is 47.5 Å². The summed E-state index contributed by atoms with van der Waals surface area (Å²) in [7, 11) is 1.60. The van der Waals surface area contributed by atoms with Crippen LogP contribution in [0.15, 0.2) is 40.8 Å². The smallest absolute Gasteiger partial charge is 0.135 e. The van der Waals surface area contributed by atoms with Crippen LogP contribution in [0.3, 0.4) is 0 Å². The van der Waals surface area contributed by atoms with Crippen LogP contribution in [0.5, 0.6) is 11.5 Å². The zero-order valence-electron chi connectivity index (χ0n) is 11.7. The lowest BCUT2D eigenvalue weighted by Gasteiger charge is -2.12. The minimum atomic E-state index is 0.250. The number of rotatable bonds is 2. The van der Waals surface area contributed by atoms with E-state index in [1.807, 2.05) is 50.2 Å². The molecule has 0 fully saturated rings. The molecule has 0 aliphatic carbocycles. The van der Waals surface area contributed by atoms with Gasteiger partial charge in [-0.05, 0) is 32.0 Å². The molecular formula is C17H16O3. The van der Waals surface area contributed by atoms with E-state index < -0.39 is 0 Å². The van der Waals surface area contributed by atoms with Gasteiger partial charge in [0, 0.05) is 22.1 Å². The van der Waals surface area contributed by atoms with Gasteiger partial charge in [-0.2, -0.15) is 0 Å². The van der Waals surface area contributed by atoms with Crippen molar-refractivity contribution in [2.24, 2.45) is 0 Å². The van der Waals surface area contributed by atoms with Crippen LogP contribution in [0.25, 0.3) is 22.3 Å². The highest BCUT2D eigenvalue weighted by Gasteiger charge is 2.16. The van der Waals surface area contributed by atoms with Gasteiger partial charge in [-0.3, -0.25) is 0 Å². The van der Waals surface area contributed by atoms with Gasteiger partial charge in [0.15, 0.2) is 0 Å². The van der Waals surface area contributed by atoms with Gasteiger partial charge in [-0.25, -0.2) is 0 Å². The molecule has 0 aliphatic rings. The van der Waals surface area contributed by atoms with Crippen LogP contribution in [0.4, 0.5) is 0 Å². The largest absolute Gasteiger partial charge is 0.507 e. The van der Waals surface area contributed by atoms with Crippen molar-refractivity contribution in [2.45, 2.75) is 13.8 Å². The monoisotopic (exact) mass is 268 g/mol. The second kappa shape index (κ2) is 4.60. The Labute approximate surface area is 117 Å². The number of furan rings is 1. The van der Waals surface area contributed by atoms with Gasteiger partial charge >= 0.3 is 0 Å². The number of hydrogen-bond acceptors (Lipinski definition) is 3. The summed E-state index contributed by atoms with van der Waals surface area (Å²) < 4.78 is 11.2. The number of ether oxygens (including phenoxy) is 1. The van der Waals surface area contributed by atoms with E-state index in [1.54, 1.807) is 7.11 Å². The summed E-state index contributed by atoms with van der Waals surface area (Å²) in [5.41, 5.74) is 3.22. The number of hydrogen-bond donors (Lipinski definition) is 1. The Bertz CT molecular complexity index is 751. The third-order valence-electron chi connectivity index (χ3n) is 3.67. The maximum atomic E-state index is 10.2. The Morgan fingerprint density at radius 1 is 1.05 bits per heavy atom. The Hall–Kier alpha value is -2.42. The van der Waals surface area contributed by atoms with E-state index in [2.05, 4.69) is 0 Å². The van der Waals surface area contributed by atoms with Crippen molar-refractivity contribution in [3.8, 4) is 22.8 Å². The number of para-hydroxylation sites is 1. The zero-order valence-corrected chi connectivity index (χ0v) is 11.7. The van der Waals surface area contributed by atoms with Gasteiger partial charge in [-0.15, -0.1) is 0 Å². The van der Waals surface area contributed by atoms with Gasteiger partial charge in [0.05, 0.1) is 7.11 Å². The molecule has 1 heterocycles. The van der Waals surface area contributed by atoms with E-state index in [1.165, 1.54) is 0 Å². The SMILES string of the molecule is COc1cc(-c2cc3ccccc3o2)c(C)c(O)c1C. The molecule has 3 heteroatoms. The van der Waals surface area contributed by atoms with Crippen LogP contribution in [-0.4, -0.2) is 12.2 Å². The Balaban J connectivity index is 2.25. The second-order valence-corrected chi connectivity index (χ2v) is 4.87. The van der Waals surface area contributed by atoms with E-state index in [-0.39, 0.29) is 5.75 Å². The molecule has 3 aromatic rings. The van der Waals surface area contributed by atoms with E-state index in [0.29, 0.717) is 5.75 Å². The molecule has 20 heavy (non-hydrogen) atoms. The Kier molecular flexibility index (Phi) is 2.90. The molecule has 1 aromatic heterocycles. The summed E-state index contributed by atoms with van der Waals surface area (Å²) in [6.07, 6.45) is 0. The van der Waals surface area contributed by atoms with E-state index in [9.17, 15) is 5.11 Å². The molecule has 3 nitrogen and oxygen atoms in total. The molecule has 0 radical (unpaired) electrons. The molecule has 102 valence electrons. The summed E-state index contributed by atoms with van der Waals surface area (Å²) in [5.74, 6) is 1.64. The third kappa shape index (κ3) is 1.83. The summed E-state index contributed by atoms with van der Waals surface area (Å²) in [6, 6.07) is 11.7. The molecule has 0 bridgehead atoms. The van der Waals surface area contributed by atoms with Gasteiger partial charge in [0.25, 0.3) is 0 Å². The summed E-state index contributed by atoms with van der Waals surface area (Å²) in [6.45, 7) is 3.72. The molecule has 3 rings (SSSR count). The predicted molar refractivity (Wildman–Crippen MR) is 79.3 cm³/mol. The molecule has 0 saturated heterocycles. The van der Waals surface area contributed by atoms with Crippen molar-refractivity contribution in [1.29, 1.82) is 0 Å². The topological polar surface area (TPSA) is 42.6 Å². The standard InChI is InChI=1S/C17H16O3/c1-10-13(9-15(19-3)11(2)17(10)18)16-8-12-6-4-5-7-14(12)20-16/h4-9,18H,1-3H3. The number of phenols is 1. The molecule has 0 amide bonds. The van der Waals surface area contributed by atoms with E-state index in [4.69, 9.17) is 9.15 Å². The van der Waals surface area contributed by atoms with Crippen molar-refractivity contribution in [2.75, 3.05) is 7.11 Å². The van der Waals surface area contributed by atoms with Gasteiger partial charge in [-0.1, -0.05) is 18.2 Å². The first-order valence-electron chi connectivity index (χ1n) is 6.48. The number of fused-ring (bicyclic) bond motifs is 1. The van der Waals surface area contributed by atoms with Gasteiger partial charge in [0.1, 0.15) is 22.8 Å². The number of phenolic OH excluding ortho intramolecular Hbond substituents is 1. The molecule has 0 spiro atoms. The fourth-order valence-electron chi connectivity index (χ4n) is 2.46. The van der Waals surface area contributed by atoms with E-state index >= 15 is 0 Å². The van der Waals surface area contributed by atoms with Crippen LogP contribution in [0.2, 0.25) is 0 Å². The Morgan fingerprint density at radius 3 is 2.50 bits per heavy atom. The molecule has 0 aliphatic heterocycles. The fraction of sp³-hybridized carbons (Fsp3) is 0.176. The van der Waals surface area contributed by atoms with Crippen LogP contribution < -0.4 is 4.74 Å². The minimum absolute atomic E-state index is 0.250. The molecule has 0 saturated carbocycles. The number of aromatic hydroxyl groups is 1. The second-order valence-electron chi connectivity index (χ2n) is 4.87. The minimum Gasteiger partial charge on any atom is -0.507 e. The summed E-state index contributed by atoms with van der Waals surface area (Å²) >= 11 is 0. The number of benzene rings is 2. The zero-order chi connectivity index (χ0) is 14.3. The molecule has 0 unspecified atom stereocenters. The maximum absolute atomic E-state index is 10.2. The van der Waals surface area contributed by atoms with Crippen molar-refractivity contribution in [3.63, 3.8) is 0 Å². The predicted octanol–water partition coefficient (Wildman–Crippen LogP) is 4.43. The normalized spacial score (nSPS) is 10.9. The van der Waals surface area contributed by atoms with Crippen LogP contribution in [0.1, 0.15) is 11.1 Å². The Morgan fingerprint density at radius 2 is 1.80 bits per heavy atom. The fourth-order valence-corrected chi connectivity index (χ4v) is 2.46. The van der Waals surface area contributed by atoms with Crippen LogP contribution in [-0.2, 0) is 0 Å². The molecule has 0 atom stereocenters. The lowest BCUT2D eigenvalue weighted by Crippen LogP contribution is -1.92. The van der Waals surface area contributed by atoms with E-state index in [0.717, 1.165) is 33.4 Å². The highest BCUT2D eigenvalue weighted by atomic mass is 16.5. The first kappa shape index (κ1) is 12.6. The third-order valence-corrected chi connectivity index (χ3v) is 3.67. The highest BCUT2D eigenvalue weighted by Crippen LogP contribution is 2.39. The lowest BCUT2D eigenvalue weighted by atomic mass is 10.0. The molecular weight excluding hydrogens is 252 g/mol. The highest BCUT2D eigenvalue weighted by molar-refractivity contribution is 5.84. The summed E-state index contributed by atoms with van der Waals surface area (Å²) in [4.78, 5) is 0. The lowest BCUT2D eigenvalue weighted by molar-refractivity contribution is 0.402. The van der Waals surface area contributed by atoms with Crippen LogP contribution >= 0.6 is 0 Å². The van der Waals surface area contributed by atoms with Gasteiger partial charge < -0.3 is 14.3 Å². The average molecular weight is 268 g/mol. The average Bonchev–Trinajstić information content (AvgIpc) is 2.89. The summed E-state index contributed by atoms with van der Waals surface area (Å²) in [5, 5.41) is 11.3. The number of methoxy groups -OCH3 is 1. The first-order chi connectivity index (χ1) is 9.61. The van der Waals surface area contributed by atoms with Crippen molar-refractivity contribution < 1.29 is 14.3 Å². The first-order valence-corrected chi connectivity index (χ1v) is 6.48. The van der Waals surface area contributed by atoms with Gasteiger partial charge in [0.2, 0.25) is 0 Å².